The zero-order valence-corrected chi connectivity index (χ0v) is 19.1. The number of benzene rings is 2. The van der Waals surface area contributed by atoms with Gasteiger partial charge in [0.15, 0.2) is 0 Å². The number of methoxy groups -OCH3 is 2. The van der Waals surface area contributed by atoms with E-state index in [1.165, 1.54) is 32.1 Å². The topological polar surface area (TPSA) is 51.1 Å². The van der Waals surface area contributed by atoms with Crippen LogP contribution < -0.4 is 9.47 Å². The van der Waals surface area contributed by atoms with E-state index in [9.17, 15) is 4.79 Å². The Balaban J connectivity index is 1.53. The summed E-state index contributed by atoms with van der Waals surface area (Å²) in [5, 5.41) is 7.10. The average molecular weight is 439 g/mol. The minimum Gasteiger partial charge on any atom is -0.497 e. The molecule has 2 aromatic carbocycles. The Bertz CT molecular complexity index is 905. The first-order valence-corrected chi connectivity index (χ1v) is 12.0. The van der Waals surface area contributed by atoms with Crippen LogP contribution in [0.5, 0.6) is 11.5 Å². The fourth-order valence-electron chi connectivity index (χ4n) is 4.27. The van der Waals surface area contributed by atoms with Crippen LogP contribution in [0.3, 0.4) is 0 Å². The van der Waals surface area contributed by atoms with E-state index in [0.717, 1.165) is 28.3 Å². The first kappa shape index (κ1) is 21.8. The Morgan fingerprint density at radius 2 is 1.58 bits per heavy atom. The molecule has 2 aliphatic rings. The van der Waals surface area contributed by atoms with Gasteiger partial charge in [-0.15, -0.1) is 11.8 Å². The third kappa shape index (κ3) is 5.24. The van der Waals surface area contributed by atoms with E-state index in [-0.39, 0.29) is 11.9 Å². The van der Waals surface area contributed by atoms with E-state index in [4.69, 9.17) is 14.6 Å². The monoisotopic (exact) mass is 438 g/mol. The molecule has 1 fully saturated rings. The largest absolute Gasteiger partial charge is 0.497 e. The first-order chi connectivity index (χ1) is 15.2. The van der Waals surface area contributed by atoms with Crippen molar-refractivity contribution in [3.8, 4) is 11.5 Å². The second-order valence-corrected chi connectivity index (χ2v) is 9.37. The van der Waals surface area contributed by atoms with E-state index in [1.54, 1.807) is 31.0 Å². The molecule has 6 heteroatoms. The van der Waals surface area contributed by atoms with Gasteiger partial charge in [-0.2, -0.15) is 5.10 Å². The van der Waals surface area contributed by atoms with Gasteiger partial charge in [0.1, 0.15) is 11.5 Å². The van der Waals surface area contributed by atoms with Gasteiger partial charge < -0.3 is 9.47 Å². The Labute approximate surface area is 188 Å². The van der Waals surface area contributed by atoms with Crippen LogP contribution in [0.15, 0.2) is 53.6 Å². The minimum absolute atomic E-state index is 0.0832. The molecule has 0 unspecified atom stereocenters. The van der Waals surface area contributed by atoms with Crippen LogP contribution in [-0.4, -0.2) is 41.9 Å². The highest BCUT2D eigenvalue weighted by molar-refractivity contribution is 8.00. The highest BCUT2D eigenvalue weighted by Gasteiger charge is 2.33. The Hall–Kier alpha value is -2.47. The Morgan fingerprint density at radius 3 is 2.19 bits per heavy atom. The molecule has 0 aromatic heterocycles. The highest BCUT2D eigenvalue weighted by atomic mass is 32.2. The number of amides is 1. The van der Waals surface area contributed by atoms with Crippen LogP contribution in [0.2, 0.25) is 0 Å². The fraction of sp³-hybridized carbons (Fsp3) is 0.440. The average Bonchev–Trinajstić information content (AvgIpc) is 3.29. The molecule has 1 aliphatic carbocycles. The molecule has 0 bridgehead atoms. The van der Waals surface area contributed by atoms with Crippen molar-refractivity contribution in [2.75, 3.05) is 20.0 Å². The molecule has 2 aromatic rings. The molecule has 4 rings (SSSR count). The van der Waals surface area contributed by atoms with Gasteiger partial charge in [-0.05, 0) is 60.4 Å². The summed E-state index contributed by atoms with van der Waals surface area (Å²) < 4.78 is 10.6. The molecule has 0 radical (unpaired) electrons. The van der Waals surface area contributed by atoms with Gasteiger partial charge in [-0.1, -0.05) is 31.4 Å². The van der Waals surface area contributed by atoms with Crippen molar-refractivity contribution in [3.63, 3.8) is 0 Å². The molecule has 1 aliphatic heterocycles. The van der Waals surface area contributed by atoms with Gasteiger partial charge in [-0.25, -0.2) is 5.01 Å². The molecule has 1 amide bonds. The van der Waals surface area contributed by atoms with Gasteiger partial charge in [0.2, 0.25) is 0 Å². The van der Waals surface area contributed by atoms with Crippen LogP contribution in [0.25, 0.3) is 0 Å². The van der Waals surface area contributed by atoms with Crippen molar-refractivity contribution in [1.82, 2.24) is 5.01 Å². The quantitative estimate of drug-likeness (QED) is 0.577. The summed E-state index contributed by atoms with van der Waals surface area (Å²) >= 11 is 1.80. The van der Waals surface area contributed by atoms with Crippen molar-refractivity contribution in [1.29, 1.82) is 0 Å². The van der Waals surface area contributed by atoms with Crippen molar-refractivity contribution < 1.29 is 14.3 Å². The summed E-state index contributed by atoms with van der Waals surface area (Å²) in [5.41, 5.74) is 3.03. The highest BCUT2D eigenvalue weighted by Crippen LogP contribution is 2.35. The van der Waals surface area contributed by atoms with E-state index in [1.807, 2.05) is 48.5 Å². The number of hydrazone groups is 1. The van der Waals surface area contributed by atoms with Crippen molar-refractivity contribution in [2.24, 2.45) is 5.10 Å². The smallest absolute Gasteiger partial charge is 0.253 e. The molecule has 1 heterocycles. The van der Waals surface area contributed by atoms with Gasteiger partial charge >= 0.3 is 0 Å². The molecule has 164 valence electrons. The van der Waals surface area contributed by atoms with Gasteiger partial charge in [0.25, 0.3) is 5.91 Å². The SMILES string of the molecule is COc1ccc(C2=NN(C(=O)CSC3CCCCC3)[C@H](c3ccc(OC)cc3)C2)cc1. The van der Waals surface area contributed by atoms with E-state index >= 15 is 0 Å². The van der Waals surface area contributed by atoms with Crippen molar-refractivity contribution in [2.45, 2.75) is 49.8 Å². The number of hydrogen-bond donors (Lipinski definition) is 0. The number of nitrogens with zero attached hydrogens (tertiary/aromatic N) is 2. The van der Waals surface area contributed by atoms with Gasteiger partial charge in [0.05, 0.1) is 31.7 Å². The Kier molecular flexibility index (Phi) is 7.17. The lowest BCUT2D eigenvalue weighted by Crippen LogP contribution is -2.29. The number of thioether (sulfide) groups is 1. The summed E-state index contributed by atoms with van der Waals surface area (Å²) in [6, 6.07) is 15.7. The van der Waals surface area contributed by atoms with Crippen LogP contribution in [0, 0.1) is 0 Å². The van der Waals surface area contributed by atoms with Crippen molar-refractivity contribution in [3.05, 3.63) is 59.7 Å². The predicted molar refractivity (Wildman–Crippen MR) is 126 cm³/mol. The molecule has 1 atom stereocenters. The number of rotatable bonds is 7. The van der Waals surface area contributed by atoms with Crippen LogP contribution in [0.1, 0.15) is 55.7 Å². The third-order valence-corrected chi connectivity index (χ3v) is 7.44. The Morgan fingerprint density at radius 1 is 0.968 bits per heavy atom. The maximum Gasteiger partial charge on any atom is 0.253 e. The molecule has 1 saturated carbocycles. The van der Waals surface area contributed by atoms with Crippen LogP contribution in [0.4, 0.5) is 0 Å². The summed E-state index contributed by atoms with van der Waals surface area (Å²) in [5.74, 6) is 2.19. The molecule has 31 heavy (non-hydrogen) atoms. The molecule has 5 nitrogen and oxygen atoms in total. The second kappa shape index (κ2) is 10.2. The van der Waals surface area contributed by atoms with E-state index in [0.29, 0.717) is 17.4 Å². The predicted octanol–water partition coefficient (Wildman–Crippen LogP) is 5.45. The third-order valence-electron chi connectivity index (χ3n) is 6.08. The second-order valence-electron chi connectivity index (χ2n) is 8.08. The zero-order valence-electron chi connectivity index (χ0n) is 18.3. The summed E-state index contributed by atoms with van der Waals surface area (Å²) in [4.78, 5) is 13.2. The minimum atomic E-state index is -0.0949. The summed E-state index contributed by atoms with van der Waals surface area (Å²) in [6.45, 7) is 0. The van der Waals surface area contributed by atoms with Crippen LogP contribution in [-0.2, 0) is 4.79 Å². The summed E-state index contributed by atoms with van der Waals surface area (Å²) in [6.07, 6.45) is 7.03. The number of carbonyl (C=O) groups excluding carboxylic acids is 1. The lowest BCUT2D eigenvalue weighted by molar-refractivity contribution is -0.130. The normalized spacial score (nSPS) is 19.2. The molecular weight excluding hydrogens is 408 g/mol. The zero-order chi connectivity index (χ0) is 21.6. The van der Waals surface area contributed by atoms with E-state index in [2.05, 4.69) is 0 Å². The van der Waals surface area contributed by atoms with Gasteiger partial charge in [-0.3, -0.25) is 4.79 Å². The van der Waals surface area contributed by atoms with Crippen molar-refractivity contribution >= 4 is 23.4 Å². The van der Waals surface area contributed by atoms with Gasteiger partial charge in [0, 0.05) is 11.7 Å². The number of hydrogen-bond acceptors (Lipinski definition) is 5. The lowest BCUT2D eigenvalue weighted by Gasteiger charge is -2.24. The van der Waals surface area contributed by atoms with E-state index < -0.39 is 0 Å². The van der Waals surface area contributed by atoms with Crippen LogP contribution >= 0.6 is 11.8 Å². The summed E-state index contributed by atoms with van der Waals surface area (Å²) in [7, 11) is 3.32. The first-order valence-electron chi connectivity index (χ1n) is 11.0. The number of carbonyl (C=O) groups is 1. The fourth-order valence-corrected chi connectivity index (χ4v) is 5.45. The number of ether oxygens (including phenoxy) is 2. The molecule has 0 spiro atoms. The lowest BCUT2D eigenvalue weighted by atomic mass is 9.98. The molecule has 0 N–H and O–H groups in total. The molecular formula is C25H30N2O3S. The standard InChI is InChI=1S/C25H30N2O3S/c1-29-20-12-8-18(9-13-20)23-16-24(19-10-14-21(30-2)15-11-19)27(26-23)25(28)17-31-22-6-4-3-5-7-22/h8-15,22,24H,3-7,16-17H2,1-2H3/t24-/m0/s1. The maximum absolute atomic E-state index is 13.2. The maximum atomic E-state index is 13.2. The molecule has 0 saturated heterocycles.